The van der Waals surface area contributed by atoms with Crippen LogP contribution < -0.4 is 0 Å². The van der Waals surface area contributed by atoms with E-state index in [4.69, 9.17) is 5.11 Å². The molecule has 1 heterocycles. The highest BCUT2D eigenvalue weighted by Crippen LogP contribution is 2.28. The number of aliphatic hydroxyl groups excluding tert-OH is 1. The summed E-state index contributed by atoms with van der Waals surface area (Å²) in [7, 11) is 0. The van der Waals surface area contributed by atoms with E-state index in [1.165, 1.54) is 12.0 Å². The fourth-order valence-electron chi connectivity index (χ4n) is 3.51. The molecule has 2 unspecified atom stereocenters. The predicted octanol–water partition coefficient (Wildman–Crippen LogP) is 2.05. The number of benzene rings is 1. The Kier molecular flexibility index (Phi) is 3.76. The van der Waals surface area contributed by atoms with Crippen LogP contribution in [0.25, 0.3) is 0 Å². The molecule has 4 nitrogen and oxygen atoms in total. The van der Waals surface area contributed by atoms with Crippen molar-refractivity contribution in [2.45, 2.75) is 50.8 Å². The Bertz CT molecular complexity index is 514. The molecule has 2 atom stereocenters. The van der Waals surface area contributed by atoms with Crippen molar-refractivity contribution in [3.63, 3.8) is 0 Å². The lowest BCUT2D eigenvalue weighted by molar-refractivity contribution is 0.0132. The van der Waals surface area contributed by atoms with Gasteiger partial charge in [-0.1, -0.05) is 18.9 Å². The van der Waals surface area contributed by atoms with Crippen LogP contribution in [0.1, 0.15) is 47.2 Å². The minimum Gasteiger partial charge on any atom is -0.478 e. The molecule has 0 amide bonds. The molecule has 1 fully saturated rings. The normalized spacial score (nSPS) is 27.1. The molecule has 1 aromatic rings. The van der Waals surface area contributed by atoms with Crippen LogP contribution in [-0.4, -0.2) is 39.8 Å². The summed E-state index contributed by atoms with van der Waals surface area (Å²) >= 11 is 0. The van der Waals surface area contributed by atoms with Gasteiger partial charge >= 0.3 is 5.97 Å². The van der Waals surface area contributed by atoms with Gasteiger partial charge in [0, 0.05) is 19.1 Å². The van der Waals surface area contributed by atoms with Crippen LogP contribution >= 0.6 is 0 Å². The van der Waals surface area contributed by atoms with Gasteiger partial charge in [-0.25, -0.2) is 4.79 Å². The van der Waals surface area contributed by atoms with Crippen molar-refractivity contribution in [2.75, 3.05) is 6.54 Å². The molecule has 1 aliphatic carbocycles. The van der Waals surface area contributed by atoms with Crippen LogP contribution in [0.5, 0.6) is 0 Å². The number of carbonyl (C=O) groups is 1. The summed E-state index contributed by atoms with van der Waals surface area (Å²) in [5.74, 6) is -0.873. The first-order chi connectivity index (χ1) is 9.65. The van der Waals surface area contributed by atoms with Crippen molar-refractivity contribution in [1.29, 1.82) is 0 Å². The van der Waals surface area contributed by atoms with Gasteiger partial charge < -0.3 is 10.2 Å². The first-order valence-electron chi connectivity index (χ1n) is 7.42. The number of hydrogen-bond acceptors (Lipinski definition) is 3. The van der Waals surface area contributed by atoms with Gasteiger partial charge in [0.15, 0.2) is 0 Å². The first-order valence-corrected chi connectivity index (χ1v) is 7.42. The lowest BCUT2D eigenvalue weighted by atomic mass is 9.88. The summed E-state index contributed by atoms with van der Waals surface area (Å²) in [6.45, 7) is 1.72. The zero-order valence-electron chi connectivity index (χ0n) is 11.6. The molecule has 2 N–H and O–H groups in total. The van der Waals surface area contributed by atoms with Gasteiger partial charge in [-0.15, -0.1) is 0 Å². The summed E-state index contributed by atoms with van der Waals surface area (Å²) < 4.78 is 0. The highest BCUT2D eigenvalue weighted by atomic mass is 16.4. The summed E-state index contributed by atoms with van der Waals surface area (Å²) in [6, 6.07) is 5.66. The molecule has 1 saturated carbocycles. The van der Waals surface area contributed by atoms with Crippen molar-refractivity contribution >= 4 is 5.97 Å². The monoisotopic (exact) mass is 275 g/mol. The van der Waals surface area contributed by atoms with Gasteiger partial charge in [-0.3, -0.25) is 4.90 Å². The Morgan fingerprint density at radius 3 is 2.75 bits per heavy atom. The molecule has 0 saturated heterocycles. The molecule has 0 spiro atoms. The summed E-state index contributed by atoms with van der Waals surface area (Å²) in [5.41, 5.74) is 2.71. The maximum Gasteiger partial charge on any atom is 0.335 e. The molecular weight excluding hydrogens is 254 g/mol. The molecule has 2 aliphatic rings. The van der Waals surface area contributed by atoms with Gasteiger partial charge in [0.2, 0.25) is 0 Å². The van der Waals surface area contributed by atoms with E-state index in [1.807, 2.05) is 6.07 Å². The summed E-state index contributed by atoms with van der Waals surface area (Å²) in [6.07, 6.45) is 4.95. The Hall–Kier alpha value is -1.39. The molecule has 0 aromatic heterocycles. The molecule has 0 bridgehead atoms. The Morgan fingerprint density at radius 1 is 1.20 bits per heavy atom. The van der Waals surface area contributed by atoms with Crippen LogP contribution in [0.4, 0.5) is 0 Å². The second-order valence-corrected chi connectivity index (χ2v) is 5.93. The fourth-order valence-corrected chi connectivity index (χ4v) is 3.51. The minimum atomic E-state index is -0.873. The van der Waals surface area contributed by atoms with Gasteiger partial charge in [0.1, 0.15) is 0 Å². The molecular formula is C16H21NO3. The largest absolute Gasteiger partial charge is 0.478 e. The molecule has 108 valence electrons. The highest BCUT2D eigenvalue weighted by Gasteiger charge is 2.30. The molecule has 1 aromatic carbocycles. The maximum absolute atomic E-state index is 11.1. The quantitative estimate of drug-likeness (QED) is 0.867. The van der Waals surface area contributed by atoms with Gasteiger partial charge in [0.25, 0.3) is 0 Å². The van der Waals surface area contributed by atoms with E-state index in [0.717, 1.165) is 44.3 Å². The Balaban J connectivity index is 1.79. The number of aliphatic hydroxyl groups is 1. The van der Waals surface area contributed by atoms with E-state index in [2.05, 4.69) is 4.90 Å². The van der Waals surface area contributed by atoms with Gasteiger partial charge in [-0.2, -0.15) is 0 Å². The summed E-state index contributed by atoms with van der Waals surface area (Å²) in [4.78, 5) is 13.4. The van der Waals surface area contributed by atoms with Crippen molar-refractivity contribution in [3.05, 3.63) is 34.9 Å². The molecule has 3 rings (SSSR count). The van der Waals surface area contributed by atoms with E-state index >= 15 is 0 Å². The third-order valence-corrected chi connectivity index (χ3v) is 4.66. The molecule has 20 heavy (non-hydrogen) atoms. The maximum atomic E-state index is 11.1. The molecule has 0 radical (unpaired) electrons. The lowest BCUT2D eigenvalue weighted by Gasteiger charge is -2.40. The number of carboxylic acid groups (broad SMARTS) is 1. The lowest BCUT2D eigenvalue weighted by Crippen LogP contribution is -2.47. The number of fused-ring (bicyclic) bond motifs is 1. The second kappa shape index (κ2) is 5.54. The Morgan fingerprint density at radius 2 is 2.00 bits per heavy atom. The second-order valence-electron chi connectivity index (χ2n) is 5.93. The average Bonchev–Trinajstić information content (AvgIpc) is 2.46. The van der Waals surface area contributed by atoms with E-state index in [-0.39, 0.29) is 12.1 Å². The van der Waals surface area contributed by atoms with Crippen LogP contribution in [-0.2, 0) is 13.0 Å². The van der Waals surface area contributed by atoms with Crippen LogP contribution in [0, 0.1) is 0 Å². The van der Waals surface area contributed by atoms with Crippen LogP contribution in [0.2, 0.25) is 0 Å². The van der Waals surface area contributed by atoms with Crippen LogP contribution in [0.15, 0.2) is 18.2 Å². The molecule has 4 heteroatoms. The standard InChI is InChI=1S/C16H21NO3/c18-15-4-2-1-3-14(15)17-8-7-11-5-6-12(16(19)20)9-13(11)10-17/h5-6,9,14-15,18H,1-4,7-8,10H2,(H,19,20). The SMILES string of the molecule is O=C(O)c1ccc2c(c1)CN(C1CCCCC1O)CC2. The van der Waals surface area contributed by atoms with E-state index in [1.54, 1.807) is 12.1 Å². The van der Waals surface area contributed by atoms with Gasteiger partial charge in [-0.05, 0) is 42.5 Å². The fraction of sp³-hybridized carbons (Fsp3) is 0.562. The van der Waals surface area contributed by atoms with Crippen molar-refractivity contribution < 1.29 is 15.0 Å². The third kappa shape index (κ3) is 2.58. The number of rotatable bonds is 2. The Labute approximate surface area is 119 Å². The van der Waals surface area contributed by atoms with Crippen molar-refractivity contribution in [2.24, 2.45) is 0 Å². The average molecular weight is 275 g/mol. The van der Waals surface area contributed by atoms with E-state index < -0.39 is 5.97 Å². The predicted molar refractivity (Wildman–Crippen MR) is 75.8 cm³/mol. The summed E-state index contributed by atoms with van der Waals surface area (Å²) in [5, 5.41) is 19.3. The number of aromatic carboxylic acids is 1. The van der Waals surface area contributed by atoms with Crippen molar-refractivity contribution in [1.82, 2.24) is 4.90 Å². The topological polar surface area (TPSA) is 60.8 Å². The zero-order chi connectivity index (χ0) is 14.1. The smallest absolute Gasteiger partial charge is 0.335 e. The van der Waals surface area contributed by atoms with E-state index in [0.29, 0.717) is 5.56 Å². The van der Waals surface area contributed by atoms with Crippen LogP contribution in [0.3, 0.4) is 0 Å². The first kappa shape index (κ1) is 13.6. The highest BCUT2D eigenvalue weighted by molar-refractivity contribution is 5.87. The minimum absolute atomic E-state index is 0.229. The molecule has 1 aliphatic heterocycles. The van der Waals surface area contributed by atoms with Crippen molar-refractivity contribution in [3.8, 4) is 0 Å². The third-order valence-electron chi connectivity index (χ3n) is 4.66. The number of hydrogen-bond donors (Lipinski definition) is 2. The number of nitrogens with zero attached hydrogens (tertiary/aromatic N) is 1. The van der Waals surface area contributed by atoms with Gasteiger partial charge in [0.05, 0.1) is 11.7 Å². The number of carboxylic acids is 1. The zero-order valence-corrected chi connectivity index (χ0v) is 11.6. The van der Waals surface area contributed by atoms with E-state index in [9.17, 15) is 9.90 Å².